The van der Waals surface area contributed by atoms with E-state index in [2.05, 4.69) is 5.32 Å². The lowest BCUT2D eigenvalue weighted by Gasteiger charge is -2.44. The molecule has 5 nitrogen and oxygen atoms in total. The van der Waals surface area contributed by atoms with Crippen LogP contribution < -0.4 is 5.32 Å². The Morgan fingerprint density at radius 3 is 2.47 bits per heavy atom. The fourth-order valence-corrected chi connectivity index (χ4v) is 2.53. The minimum Gasteiger partial charge on any atom is -0.480 e. The van der Waals surface area contributed by atoms with Gasteiger partial charge in [0.1, 0.15) is 6.04 Å². The molecular formula is C14H26N2O3. The van der Waals surface area contributed by atoms with Crippen molar-refractivity contribution in [3.8, 4) is 0 Å². The second kappa shape index (κ2) is 5.39. The predicted octanol–water partition coefficient (Wildman–Crippen LogP) is 2.46. The topological polar surface area (TPSA) is 69.6 Å². The Morgan fingerprint density at radius 2 is 2.00 bits per heavy atom. The molecule has 0 spiro atoms. The van der Waals surface area contributed by atoms with E-state index in [1.165, 1.54) is 4.90 Å². The number of rotatable bonds is 3. The highest BCUT2D eigenvalue weighted by atomic mass is 16.4. The van der Waals surface area contributed by atoms with Crippen molar-refractivity contribution in [2.45, 2.75) is 65.5 Å². The Bertz CT molecular complexity index is 364. The summed E-state index contributed by atoms with van der Waals surface area (Å²) in [5.41, 5.74) is -0.709. The molecule has 0 saturated carbocycles. The van der Waals surface area contributed by atoms with Gasteiger partial charge in [0.25, 0.3) is 0 Å². The molecule has 2 amide bonds. The molecule has 0 aromatic heterocycles. The zero-order valence-electron chi connectivity index (χ0n) is 12.6. The van der Waals surface area contributed by atoms with Gasteiger partial charge in [-0.3, -0.25) is 0 Å². The molecule has 1 heterocycles. The van der Waals surface area contributed by atoms with E-state index in [1.807, 2.05) is 34.6 Å². The van der Waals surface area contributed by atoms with E-state index < -0.39 is 17.4 Å². The Morgan fingerprint density at radius 1 is 1.42 bits per heavy atom. The maximum absolute atomic E-state index is 12.3. The smallest absolute Gasteiger partial charge is 0.327 e. The third-order valence-corrected chi connectivity index (χ3v) is 4.10. The van der Waals surface area contributed by atoms with Crippen molar-refractivity contribution in [2.24, 2.45) is 5.41 Å². The fraction of sp³-hybridized carbons (Fsp3) is 0.857. The minimum atomic E-state index is -0.922. The van der Waals surface area contributed by atoms with Crippen LogP contribution in [0.5, 0.6) is 0 Å². The Balaban J connectivity index is 2.90. The first kappa shape index (κ1) is 15.8. The molecule has 1 atom stereocenters. The van der Waals surface area contributed by atoms with Crippen LogP contribution in [0, 0.1) is 5.41 Å². The predicted molar refractivity (Wildman–Crippen MR) is 74.0 cm³/mol. The van der Waals surface area contributed by atoms with Crippen molar-refractivity contribution in [3.63, 3.8) is 0 Å². The molecule has 0 aromatic rings. The number of urea groups is 1. The zero-order chi connectivity index (χ0) is 14.8. The molecular weight excluding hydrogens is 244 g/mol. The highest BCUT2D eigenvalue weighted by molar-refractivity contribution is 5.84. The third kappa shape index (κ3) is 3.61. The first-order valence-electron chi connectivity index (χ1n) is 6.92. The fourth-order valence-electron chi connectivity index (χ4n) is 2.53. The number of carboxylic acid groups (broad SMARTS) is 1. The second-order valence-corrected chi connectivity index (χ2v) is 6.69. The summed E-state index contributed by atoms with van der Waals surface area (Å²) < 4.78 is 0. The number of hydrogen-bond acceptors (Lipinski definition) is 2. The number of carbonyl (C=O) groups is 2. The number of amides is 2. The molecule has 1 fully saturated rings. The molecule has 1 aliphatic rings. The van der Waals surface area contributed by atoms with E-state index in [4.69, 9.17) is 0 Å². The van der Waals surface area contributed by atoms with Gasteiger partial charge in [-0.15, -0.1) is 0 Å². The van der Waals surface area contributed by atoms with Crippen LogP contribution in [0.25, 0.3) is 0 Å². The van der Waals surface area contributed by atoms with Crippen LogP contribution in [0.3, 0.4) is 0 Å². The number of likely N-dealkylation sites (tertiary alicyclic amines) is 1. The van der Waals surface area contributed by atoms with E-state index in [0.29, 0.717) is 6.54 Å². The average Bonchev–Trinajstić information content (AvgIpc) is 2.26. The van der Waals surface area contributed by atoms with Gasteiger partial charge < -0.3 is 15.3 Å². The number of carboxylic acids is 1. The van der Waals surface area contributed by atoms with Crippen LogP contribution in [0.1, 0.15) is 53.9 Å². The number of hydrogen-bond donors (Lipinski definition) is 2. The number of aliphatic carboxylic acids is 1. The lowest BCUT2D eigenvalue weighted by Crippen LogP contribution is -2.61. The molecule has 0 bridgehead atoms. The number of nitrogens with one attached hydrogen (secondary N) is 1. The normalized spacial score (nSPS) is 23.0. The van der Waals surface area contributed by atoms with Gasteiger partial charge in [0, 0.05) is 12.1 Å². The van der Waals surface area contributed by atoms with Crippen molar-refractivity contribution < 1.29 is 14.7 Å². The Kier molecular flexibility index (Phi) is 4.48. The van der Waals surface area contributed by atoms with Crippen LogP contribution in [-0.4, -0.2) is 40.1 Å². The van der Waals surface area contributed by atoms with Crippen LogP contribution in [0.15, 0.2) is 0 Å². The lowest BCUT2D eigenvalue weighted by molar-refractivity contribution is -0.148. The molecule has 1 rings (SSSR count). The minimum absolute atomic E-state index is 0.271. The molecule has 1 unspecified atom stereocenters. The van der Waals surface area contributed by atoms with Crippen molar-refractivity contribution in [2.75, 3.05) is 6.54 Å². The second-order valence-electron chi connectivity index (χ2n) is 6.69. The van der Waals surface area contributed by atoms with Crippen molar-refractivity contribution >= 4 is 12.0 Å². The maximum Gasteiger partial charge on any atom is 0.327 e. The van der Waals surface area contributed by atoms with Gasteiger partial charge in [-0.2, -0.15) is 0 Å². The largest absolute Gasteiger partial charge is 0.480 e. The summed E-state index contributed by atoms with van der Waals surface area (Å²) in [6.45, 7) is 10.2. The maximum atomic E-state index is 12.3. The molecule has 5 heteroatoms. The van der Waals surface area contributed by atoms with Gasteiger partial charge in [0.15, 0.2) is 0 Å². The van der Waals surface area contributed by atoms with Crippen molar-refractivity contribution in [1.29, 1.82) is 0 Å². The summed E-state index contributed by atoms with van der Waals surface area (Å²) in [5, 5.41) is 12.3. The summed E-state index contributed by atoms with van der Waals surface area (Å²) in [4.78, 5) is 25.3. The van der Waals surface area contributed by atoms with Gasteiger partial charge in [-0.05, 0) is 38.5 Å². The first-order chi connectivity index (χ1) is 8.60. The van der Waals surface area contributed by atoms with Crippen LogP contribution in [0.2, 0.25) is 0 Å². The summed E-state index contributed by atoms with van der Waals surface area (Å²) in [5.74, 6) is -0.922. The lowest BCUT2D eigenvalue weighted by atomic mass is 9.76. The van der Waals surface area contributed by atoms with Crippen molar-refractivity contribution in [1.82, 2.24) is 10.2 Å². The molecule has 1 aliphatic heterocycles. The third-order valence-electron chi connectivity index (χ3n) is 4.10. The molecule has 0 aromatic carbocycles. The number of piperidine rings is 1. The van der Waals surface area contributed by atoms with Crippen LogP contribution >= 0.6 is 0 Å². The quantitative estimate of drug-likeness (QED) is 0.827. The molecule has 0 aliphatic carbocycles. The van der Waals surface area contributed by atoms with Crippen LogP contribution in [-0.2, 0) is 4.79 Å². The van der Waals surface area contributed by atoms with E-state index in [-0.39, 0.29) is 11.6 Å². The van der Waals surface area contributed by atoms with E-state index in [0.717, 1.165) is 19.3 Å². The molecule has 1 saturated heterocycles. The number of carbonyl (C=O) groups excluding carboxylic acids is 1. The summed E-state index contributed by atoms with van der Waals surface area (Å²) in [6.07, 6.45) is 2.47. The van der Waals surface area contributed by atoms with Gasteiger partial charge in [-0.25, -0.2) is 9.59 Å². The standard InChI is InChI=1S/C14H26N2O3/c1-6-14(4,5)15-12(19)16-9-7-8-13(2,3)10(16)11(17)18/h10H,6-9H2,1-5H3,(H,15,19)(H,17,18). The summed E-state index contributed by atoms with van der Waals surface area (Å²) >= 11 is 0. The monoisotopic (exact) mass is 270 g/mol. The van der Waals surface area contributed by atoms with Gasteiger partial charge in [0.05, 0.1) is 0 Å². The van der Waals surface area contributed by atoms with Crippen molar-refractivity contribution in [3.05, 3.63) is 0 Å². The van der Waals surface area contributed by atoms with E-state index in [1.54, 1.807) is 0 Å². The van der Waals surface area contributed by atoms with Gasteiger partial charge >= 0.3 is 12.0 Å². The SMILES string of the molecule is CCC(C)(C)NC(=O)N1CCCC(C)(C)C1C(=O)O. The summed E-state index contributed by atoms with van der Waals surface area (Å²) in [7, 11) is 0. The molecule has 2 N–H and O–H groups in total. The highest BCUT2D eigenvalue weighted by Crippen LogP contribution is 2.35. The van der Waals surface area contributed by atoms with E-state index >= 15 is 0 Å². The van der Waals surface area contributed by atoms with Gasteiger partial charge in [-0.1, -0.05) is 20.8 Å². The van der Waals surface area contributed by atoms with E-state index in [9.17, 15) is 14.7 Å². The average molecular weight is 270 g/mol. The Labute approximate surface area is 115 Å². The van der Waals surface area contributed by atoms with Gasteiger partial charge in [0.2, 0.25) is 0 Å². The molecule has 0 radical (unpaired) electrons. The summed E-state index contributed by atoms with van der Waals surface area (Å²) in [6, 6.07) is -1.03. The first-order valence-corrected chi connectivity index (χ1v) is 6.92. The molecule has 19 heavy (non-hydrogen) atoms. The number of nitrogens with zero attached hydrogens (tertiary/aromatic N) is 1. The molecule has 110 valence electrons. The zero-order valence-corrected chi connectivity index (χ0v) is 12.6. The Hall–Kier alpha value is -1.26. The highest BCUT2D eigenvalue weighted by Gasteiger charge is 2.45. The van der Waals surface area contributed by atoms with Crippen LogP contribution in [0.4, 0.5) is 4.79 Å².